The van der Waals surface area contributed by atoms with E-state index < -0.39 is 5.60 Å². The number of thiophene rings is 1. The van der Waals surface area contributed by atoms with Gasteiger partial charge in [0.2, 0.25) is 0 Å². The minimum Gasteiger partial charge on any atom is -0.459 e. The van der Waals surface area contributed by atoms with Gasteiger partial charge in [0.15, 0.2) is 5.96 Å². The Labute approximate surface area is 141 Å². The lowest BCUT2D eigenvalue weighted by molar-refractivity contribution is -0.152. The Kier molecular flexibility index (Phi) is 8.79. The van der Waals surface area contributed by atoms with Crippen LogP contribution in [0.25, 0.3) is 0 Å². The van der Waals surface area contributed by atoms with E-state index in [9.17, 15) is 4.79 Å². The smallest absolute Gasteiger partial charge is 0.328 e. The van der Waals surface area contributed by atoms with Gasteiger partial charge in [-0.3, -0.25) is 4.79 Å². The summed E-state index contributed by atoms with van der Waals surface area (Å²) in [4.78, 5) is 16.6. The molecule has 0 spiro atoms. The highest BCUT2D eigenvalue weighted by Crippen LogP contribution is 2.08. The number of guanidine groups is 1. The molecule has 0 amide bonds. The van der Waals surface area contributed by atoms with E-state index in [1.54, 1.807) is 11.3 Å². The van der Waals surface area contributed by atoms with Crippen LogP contribution in [0.4, 0.5) is 0 Å². The molecule has 0 atom stereocenters. The fourth-order valence-corrected chi connectivity index (χ4v) is 2.06. The molecule has 1 heterocycles. The van der Waals surface area contributed by atoms with Crippen LogP contribution >= 0.6 is 35.3 Å². The predicted octanol–water partition coefficient (Wildman–Crippen LogP) is 2.15. The molecule has 0 saturated heterocycles. The van der Waals surface area contributed by atoms with Crippen molar-refractivity contribution in [1.29, 1.82) is 0 Å². The third-order valence-corrected chi connectivity index (χ3v) is 2.99. The van der Waals surface area contributed by atoms with Crippen molar-refractivity contribution in [3.8, 4) is 0 Å². The minimum absolute atomic E-state index is 0. The molecule has 0 aliphatic heterocycles. The van der Waals surface area contributed by atoms with Crippen molar-refractivity contribution in [2.24, 2.45) is 10.7 Å². The minimum atomic E-state index is -0.492. The van der Waals surface area contributed by atoms with Crippen molar-refractivity contribution in [3.05, 3.63) is 22.4 Å². The third-order valence-electron chi connectivity index (χ3n) is 2.06. The maximum absolute atomic E-state index is 11.4. The van der Waals surface area contributed by atoms with E-state index in [1.807, 2.05) is 32.2 Å². The summed E-state index contributed by atoms with van der Waals surface area (Å²) in [5.74, 6) is -0.113. The molecule has 0 saturated carbocycles. The lowest BCUT2D eigenvalue weighted by atomic mass is 10.2. The van der Waals surface area contributed by atoms with Gasteiger partial charge in [0.25, 0.3) is 0 Å². The maximum Gasteiger partial charge on any atom is 0.328 e. The zero-order valence-electron chi connectivity index (χ0n) is 12.0. The number of rotatable bonds is 5. The number of hydrogen-bond donors (Lipinski definition) is 2. The fourth-order valence-electron chi connectivity index (χ4n) is 1.35. The lowest BCUT2D eigenvalue weighted by Crippen LogP contribution is -2.34. The standard InChI is InChI=1S/C13H21N3O2S.HI/c1-13(2,3)18-11(17)9-16-12(14)15-7-6-10-5-4-8-19-10;/h4-5,8H,6-7,9H2,1-3H3,(H3,14,15,16);1H. The Morgan fingerprint density at radius 2 is 2.20 bits per heavy atom. The predicted molar refractivity (Wildman–Crippen MR) is 93.8 cm³/mol. The van der Waals surface area contributed by atoms with Gasteiger partial charge in [0.05, 0.1) is 0 Å². The van der Waals surface area contributed by atoms with E-state index in [0.717, 1.165) is 6.42 Å². The number of carbonyl (C=O) groups is 1. The van der Waals surface area contributed by atoms with Crippen LogP contribution in [-0.2, 0) is 16.0 Å². The zero-order chi connectivity index (χ0) is 14.3. The summed E-state index contributed by atoms with van der Waals surface area (Å²) < 4.78 is 5.12. The Balaban J connectivity index is 0.00000361. The first-order chi connectivity index (χ1) is 8.87. The Morgan fingerprint density at radius 1 is 1.50 bits per heavy atom. The molecular weight excluding hydrogens is 389 g/mol. The number of hydrogen-bond acceptors (Lipinski definition) is 4. The van der Waals surface area contributed by atoms with Gasteiger partial charge in [-0.2, -0.15) is 0 Å². The summed E-state index contributed by atoms with van der Waals surface area (Å²) in [6.07, 6.45) is 0.889. The largest absolute Gasteiger partial charge is 0.459 e. The van der Waals surface area contributed by atoms with Crippen molar-refractivity contribution in [2.45, 2.75) is 32.8 Å². The molecule has 1 rings (SSSR count). The topological polar surface area (TPSA) is 76.7 Å². The van der Waals surface area contributed by atoms with Gasteiger partial charge in [-0.05, 0) is 38.6 Å². The molecule has 0 bridgehead atoms. The molecule has 0 unspecified atom stereocenters. The first-order valence-corrected chi connectivity index (χ1v) is 7.03. The number of halogens is 1. The quantitative estimate of drug-likeness (QED) is 0.337. The van der Waals surface area contributed by atoms with E-state index in [2.05, 4.69) is 16.4 Å². The second kappa shape index (κ2) is 9.17. The highest BCUT2D eigenvalue weighted by molar-refractivity contribution is 14.0. The summed E-state index contributed by atoms with van der Waals surface area (Å²) in [7, 11) is 0. The van der Waals surface area contributed by atoms with Crippen LogP contribution in [0.1, 0.15) is 25.6 Å². The summed E-state index contributed by atoms with van der Waals surface area (Å²) >= 11 is 1.70. The molecule has 1 aromatic rings. The van der Waals surface area contributed by atoms with Crippen molar-refractivity contribution in [1.82, 2.24) is 5.32 Å². The Morgan fingerprint density at radius 3 is 2.75 bits per heavy atom. The second-order valence-corrected chi connectivity index (χ2v) is 6.08. The average Bonchev–Trinajstić information content (AvgIpc) is 2.77. The van der Waals surface area contributed by atoms with Gasteiger partial charge >= 0.3 is 5.97 Å². The highest BCUT2D eigenvalue weighted by Gasteiger charge is 2.15. The van der Waals surface area contributed by atoms with Gasteiger partial charge in [0.1, 0.15) is 12.1 Å². The van der Waals surface area contributed by atoms with Gasteiger partial charge in [-0.15, -0.1) is 35.3 Å². The van der Waals surface area contributed by atoms with E-state index >= 15 is 0 Å². The van der Waals surface area contributed by atoms with Crippen molar-refractivity contribution < 1.29 is 9.53 Å². The van der Waals surface area contributed by atoms with Crippen LogP contribution in [0.3, 0.4) is 0 Å². The first kappa shape index (κ1) is 19.2. The second-order valence-electron chi connectivity index (χ2n) is 5.04. The van der Waals surface area contributed by atoms with Crippen molar-refractivity contribution >= 4 is 47.2 Å². The molecule has 7 heteroatoms. The van der Waals surface area contributed by atoms with Gasteiger partial charge in [-0.25, -0.2) is 4.99 Å². The van der Waals surface area contributed by atoms with E-state index in [0.29, 0.717) is 6.54 Å². The Bertz CT molecular complexity index is 427. The molecule has 0 fully saturated rings. The van der Waals surface area contributed by atoms with Crippen LogP contribution in [0, 0.1) is 0 Å². The summed E-state index contributed by atoms with van der Waals surface area (Å²) in [6, 6.07) is 4.08. The molecule has 3 N–H and O–H groups in total. The van der Waals surface area contributed by atoms with E-state index in [-0.39, 0.29) is 42.5 Å². The van der Waals surface area contributed by atoms with Crippen molar-refractivity contribution in [3.63, 3.8) is 0 Å². The van der Waals surface area contributed by atoms with Crippen LogP contribution in [0.5, 0.6) is 0 Å². The molecule has 20 heavy (non-hydrogen) atoms. The van der Waals surface area contributed by atoms with Crippen LogP contribution in [0.15, 0.2) is 22.5 Å². The number of esters is 1. The van der Waals surface area contributed by atoms with E-state index in [1.165, 1.54) is 4.88 Å². The molecule has 5 nitrogen and oxygen atoms in total. The Hall–Kier alpha value is -0.830. The monoisotopic (exact) mass is 411 g/mol. The number of ether oxygens (including phenoxy) is 1. The third kappa shape index (κ3) is 9.13. The number of nitrogens with zero attached hydrogens (tertiary/aromatic N) is 1. The molecule has 0 aliphatic rings. The molecule has 0 aromatic carbocycles. The molecular formula is C13H22IN3O2S. The summed E-state index contributed by atoms with van der Waals surface area (Å²) in [5.41, 5.74) is 5.17. The maximum atomic E-state index is 11.4. The van der Waals surface area contributed by atoms with Gasteiger partial charge < -0.3 is 15.8 Å². The molecule has 0 radical (unpaired) electrons. The van der Waals surface area contributed by atoms with Gasteiger partial charge in [-0.1, -0.05) is 6.07 Å². The van der Waals surface area contributed by atoms with Crippen LogP contribution in [0.2, 0.25) is 0 Å². The van der Waals surface area contributed by atoms with Crippen molar-refractivity contribution in [2.75, 3.05) is 13.1 Å². The fraction of sp³-hybridized carbons (Fsp3) is 0.538. The SMILES string of the molecule is CC(C)(C)OC(=O)CN=C(N)NCCc1cccs1.I. The van der Waals surface area contributed by atoms with E-state index in [4.69, 9.17) is 10.5 Å². The molecule has 1 aromatic heterocycles. The van der Waals surface area contributed by atoms with Gasteiger partial charge in [0, 0.05) is 11.4 Å². The van der Waals surface area contributed by atoms with Crippen LogP contribution in [-0.4, -0.2) is 30.6 Å². The number of carbonyl (C=O) groups excluding carboxylic acids is 1. The normalized spacial score (nSPS) is 11.7. The highest BCUT2D eigenvalue weighted by atomic mass is 127. The first-order valence-electron chi connectivity index (χ1n) is 6.15. The molecule has 0 aliphatic carbocycles. The number of aliphatic imine (C=N–C) groups is 1. The number of nitrogens with one attached hydrogen (secondary N) is 1. The summed E-state index contributed by atoms with van der Waals surface area (Å²) in [5, 5.41) is 5.00. The molecule has 114 valence electrons. The average molecular weight is 411 g/mol. The lowest BCUT2D eigenvalue weighted by Gasteiger charge is -2.18. The summed E-state index contributed by atoms with van der Waals surface area (Å²) in [6.45, 7) is 6.09. The van der Waals surface area contributed by atoms with Crippen LogP contribution < -0.4 is 11.1 Å². The zero-order valence-corrected chi connectivity index (χ0v) is 15.2. The number of nitrogens with two attached hydrogens (primary N) is 1.